The number of amides is 1. The smallest absolute Gasteiger partial charge is 0.330 e. The van der Waals surface area contributed by atoms with E-state index in [1.54, 1.807) is 11.0 Å². The molecule has 194 valence electrons. The maximum absolute atomic E-state index is 13.8. The Hall–Kier alpha value is -4.19. The number of rotatable bonds is 7. The van der Waals surface area contributed by atoms with E-state index in [9.17, 15) is 11.0 Å². The zero-order valence-electron chi connectivity index (χ0n) is 22.7. The van der Waals surface area contributed by atoms with Gasteiger partial charge in [-0.25, -0.2) is 9.78 Å². The number of carbonyl (C=O) groups excluding carboxylic acids is 2. The molecule has 6 nitrogen and oxygen atoms in total. The molecule has 0 bridgehead atoms. The van der Waals surface area contributed by atoms with Gasteiger partial charge in [0.1, 0.15) is 5.52 Å². The zero-order chi connectivity index (χ0) is 27.4. The van der Waals surface area contributed by atoms with E-state index in [-0.39, 0.29) is 11.8 Å². The summed E-state index contributed by atoms with van der Waals surface area (Å²) in [6.07, 6.45) is 7.87. The predicted octanol–water partition coefficient (Wildman–Crippen LogP) is 7.10. The number of hydrogen-bond donors (Lipinski definition) is 0. The summed E-state index contributed by atoms with van der Waals surface area (Å²) in [6.45, 7) is 0.904. The molecule has 1 heterocycles. The quantitative estimate of drug-likeness (QED) is 0.196. The van der Waals surface area contributed by atoms with Gasteiger partial charge < -0.3 is 14.1 Å². The van der Waals surface area contributed by atoms with Crippen molar-refractivity contribution in [3.05, 3.63) is 89.8 Å². The third-order valence-electron chi connectivity index (χ3n) is 6.97. The molecule has 1 atom stereocenters. The molecule has 0 N–H and O–H groups in total. The maximum Gasteiger partial charge on any atom is 0.330 e. The summed E-state index contributed by atoms with van der Waals surface area (Å²) in [5.74, 6) is 0.0463. The molecule has 5 rings (SSSR count). The topological polar surface area (TPSA) is 72.6 Å². The van der Waals surface area contributed by atoms with Crippen molar-refractivity contribution in [3.8, 4) is 11.1 Å². The van der Waals surface area contributed by atoms with E-state index < -0.39 is 12.5 Å². The Bertz CT molecular complexity index is 1500. The van der Waals surface area contributed by atoms with Crippen molar-refractivity contribution < 1.29 is 20.1 Å². The van der Waals surface area contributed by atoms with E-state index in [0.717, 1.165) is 65.5 Å². The van der Waals surface area contributed by atoms with Crippen LogP contribution in [0.2, 0.25) is 0 Å². The SMILES string of the molecule is [2H]C(c1ccc(-c2ccc3nc(C)oc3c2)cc1)N(C(=O)C1CCCCC1)c1cccc(/C=C/C(=O)OC)c1. The number of esters is 1. The first-order valence-corrected chi connectivity index (χ1v) is 13.0. The molecule has 38 heavy (non-hydrogen) atoms. The minimum absolute atomic E-state index is 0.0287. The Kier molecular flexibility index (Phi) is 7.29. The molecule has 0 saturated heterocycles. The van der Waals surface area contributed by atoms with E-state index >= 15 is 0 Å². The van der Waals surface area contributed by atoms with Gasteiger partial charge in [-0.15, -0.1) is 0 Å². The minimum atomic E-state index is -0.923. The van der Waals surface area contributed by atoms with E-state index in [2.05, 4.69) is 4.98 Å². The van der Waals surface area contributed by atoms with Gasteiger partial charge in [0, 0.05) is 24.6 Å². The van der Waals surface area contributed by atoms with E-state index in [1.165, 1.54) is 13.2 Å². The summed E-state index contributed by atoms with van der Waals surface area (Å²) < 4.78 is 19.6. The summed E-state index contributed by atoms with van der Waals surface area (Å²) in [5.41, 5.74) is 5.63. The Morgan fingerprint density at radius 2 is 1.82 bits per heavy atom. The molecule has 0 aliphatic heterocycles. The maximum atomic E-state index is 13.8. The molecule has 1 amide bonds. The molecule has 4 aromatic rings. The van der Waals surface area contributed by atoms with Gasteiger partial charge in [0.05, 0.1) is 15.0 Å². The number of ether oxygens (including phenoxy) is 1. The van der Waals surface area contributed by atoms with E-state index in [4.69, 9.17) is 9.15 Å². The average Bonchev–Trinajstić information content (AvgIpc) is 3.36. The molecular weight excluding hydrogens is 476 g/mol. The van der Waals surface area contributed by atoms with Gasteiger partial charge >= 0.3 is 5.97 Å². The van der Waals surface area contributed by atoms with E-state index in [1.807, 2.05) is 73.7 Å². The third kappa shape index (κ3) is 5.86. The van der Waals surface area contributed by atoms with Crippen LogP contribution in [0.1, 0.15) is 50.5 Å². The van der Waals surface area contributed by atoms with Gasteiger partial charge in [0.2, 0.25) is 5.91 Å². The number of hydrogen-bond acceptors (Lipinski definition) is 5. The highest BCUT2D eigenvalue weighted by Crippen LogP contribution is 2.30. The van der Waals surface area contributed by atoms with Crippen molar-refractivity contribution in [1.29, 1.82) is 0 Å². The number of oxazole rings is 1. The van der Waals surface area contributed by atoms with Crippen molar-refractivity contribution in [2.75, 3.05) is 12.0 Å². The molecule has 1 aliphatic rings. The summed E-state index contributed by atoms with van der Waals surface area (Å²) in [7, 11) is 1.33. The van der Waals surface area contributed by atoms with Gasteiger partial charge in [-0.3, -0.25) is 4.79 Å². The van der Waals surface area contributed by atoms with Crippen LogP contribution in [-0.4, -0.2) is 24.0 Å². The monoisotopic (exact) mass is 509 g/mol. The van der Waals surface area contributed by atoms with Crippen LogP contribution < -0.4 is 4.90 Å². The second-order valence-electron chi connectivity index (χ2n) is 9.66. The van der Waals surface area contributed by atoms with Crippen molar-refractivity contribution in [2.24, 2.45) is 5.92 Å². The number of aryl methyl sites for hydroxylation is 1. The lowest BCUT2D eigenvalue weighted by Gasteiger charge is -2.30. The lowest BCUT2D eigenvalue weighted by molar-refractivity contribution is -0.134. The van der Waals surface area contributed by atoms with Crippen LogP contribution in [0.15, 0.2) is 77.2 Å². The number of benzene rings is 3. The molecule has 6 heteroatoms. The van der Waals surface area contributed by atoms with Crippen LogP contribution in [0, 0.1) is 12.8 Å². The number of anilines is 1. The van der Waals surface area contributed by atoms with Gasteiger partial charge in [0.25, 0.3) is 0 Å². The highest BCUT2D eigenvalue weighted by molar-refractivity contribution is 5.95. The molecule has 1 aliphatic carbocycles. The fourth-order valence-corrected chi connectivity index (χ4v) is 4.95. The first kappa shape index (κ1) is 24.2. The first-order chi connectivity index (χ1) is 18.9. The van der Waals surface area contributed by atoms with Crippen molar-refractivity contribution in [1.82, 2.24) is 4.98 Å². The summed E-state index contributed by atoms with van der Waals surface area (Å²) in [6, 6.07) is 21.0. The third-order valence-corrected chi connectivity index (χ3v) is 6.97. The van der Waals surface area contributed by atoms with Gasteiger partial charge in [-0.2, -0.15) is 0 Å². The molecular formula is C32H32N2O4. The van der Waals surface area contributed by atoms with Crippen LogP contribution in [0.25, 0.3) is 28.3 Å². The number of nitrogens with zero attached hydrogens (tertiary/aromatic N) is 2. The molecule has 1 unspecified atom stereocenters. The van der Waals surface area contributed by atoms with E-state index in [0.29, 0.717) is 11.6 Å². The zero-order valence-corrected chi connectivity index (χ0v) is 21.7. The van der Waals surface area contributed by atoms with Crippen LogP contribution in [-0.2, 0) is 20.8 Å². The fraction of sp³-hybridized carbons (Fsp3) is 0.281. The number of carbonyl (C=O) groups is 2. The predicted molar refractivity (Wildman–Crippen MR) is 149 cm³/mol. The first-order valence-electron chi connectivity index (χ1n) is 13.6. The summed E-state index contributed by atoms with van der Waals surface area (Å²) in [4.78, 5) is 31.4. The highest BCUT2D eigenvalue weighted by atomic mass is 16.5. The van der Waals surface area contributed by atoms with Crippen LogP contribution in [0.3, 0.4) is 0 Å². The molecule has 1 aromatic heterocycles. The fourth-order valence-electron chi connectivity index (χ4n) is 4.95. The summed E-state index contributed by atoms with van der Waals surface area (Å²) in [5, 5.41) is 0. The Morgan fingerprint density at radius 1 is 1.05 bits per heavy atom. The van der Waals surface area contributed by atoms with Crippen LogP contribution >= 0.6 is 0 Å². The second-order valence-corrected chi connectivity index (χ2v) is 9.66. The standard InChI is InChI=1S/C32H32N2O4/c1-22-33-29-17-16-27(20-30(29)38-22)25-14-11-24(12-15-25)21-34(32(36)26-8-4-3-5-9-26)28-10-6-7-23(19-28)13-18-31(35)37-2/h6-7,10-20,26H,3-5,8-9,21H2,1-2H3/b18-13+/i21D. The molecule has 1 saturated carbocycles. The second kappa shape index (κ2) is 11.5. The highest BCUT2D eigenvalue weighted by Gasteiger charge is 2.27. The van der Waals surface area contributed by atoms with Gasteiger partial charge in [0.15, 0.2) is 11.5 Å². The molecule has 0 spiro atoms. The lowest BCUT2D eigenvalue weighted by atomic mass is 9.88. The van der Waals surface area contributed by atoms with Gasteiger partial charge in [-0.05, 0) is 65.4 Å². The van der Waals surface area contributed by atoms with Crippen molar-refractivity contribution in [3.63, 3.8) is 0 Å². The summed E-state index contributed by atoms with van der Waals surface area (Å²) >= 11 is 0. The number of fused-ring (bicyclic) bond motifs is 1. The van der Waals surface area contributed by atoms with Crippen molar-refractivity contribution in [2.45, 2.75) is 45.5 Å². The molecule has 3 aromatic carbocycles. The number of aromatic nitrogens is 1. The Labute approximate surface area is 224 Å². The molecule has 0 radical (unpaired) electrons. The van der Waals surface area contributed by atoms with Gasteiger partial charge in [-0.1, -0.05) is 61.7 Å². The number of methoxy groups -OCH3 is 1. The normalized spacial score (nSPS) is 15.4. The minimum Gasteiger partial charge on any atom is -0.466 e. The Morgan fingerprint density at radius 3 is 2.58 bits per heavy atom. The van der Waals surface area contributed by atoms with Crippen LogP contribution in [0.4, 0.5) is 5.69 Å². The van der Waals surface area contributed by atoms with Crippen LogP contribution in [0.5, 0.6) is 0 Å². The Balaban J connectivity index is 1.45. The molecule has 1 fully saturated rings. The largest absolute Gasteiger partial charge is 0.466 e. The van der Waals surface area contributed by atoms with Crippen molar-refractivity contribution >= 4 is 34.7 Å². The lowest BCUT2D eigenvalue weighted by Crippen LogP contribution is -2.36. The average molecular weight is 510 g/mol.